The van der Waals surface area contributed by atoms with Crippen LogP contribution in [0.2, 0.25) is 0 Å². The Hall–Kier alpha value is -1.87. The minimum Gasteiger partial charge on any atom is -0.439 e. The molecule has 0 amide bonds. The summed E-state index contributed by atoms with van der Waals surface area (Å²) in [7, 11) is 0. The van der Waals surface area contributed by atoms with Crippen LogP contribution in [0.15, 0.2) is 36.4 Å². The molecule has 2 aromatic rings. The lowest BCUT2D eigenvalue weighted by Crippen LogP contribution is -2.12. The molecule has 1 aromatic heterocycles. The van der Waals surface area contributed by atoms with Gasteiger partial charge in [0.15, 0.2) is 0 Å². The van der Waals surface area contributed by atoms with Gasteiger partial charge in [0.2, 0.25) is 5.88 Å². The molecule has 0 saturated carbocycles. The molecule has 1 heterocycles. The van der Waals surface area contributed by atoms with Crippen molar-refractivity contribution in [2.24, 2.45) is 0 Å². The summed E-state index contributed by atoms with van der Waals surface area (Å²) in [5.74, 6) is 1.58. The van der Waals surface area contributed by atoms with Crippen molar-refractivity contribution in [3.63, 3.8) is 0 Å². The van der Waals surface area contributed by atoms with Crippen molar-refractivity contribution < 1.29 is 4.74 Å². The van der Waals surface area contributed by atoms with E-state index in [9.17, 15) is 0 Å². The molecule has 0 fully saturated rings. The lowest BCUT2D eigenvalue weighted by atomic mass is 10.1. The van der Waals surface area contributed by atoms with Gasteiger partial charge in [-0.05, 0) is 42.6 Å². The molecule has 0 radical (unpaired) electrons. The van der Waals surface area contributed by atoms with Gasteiger partial charge in [-0.1, -0.05) is 39.0 Å². The molecule has 0 unspecified atom stereocenters. The first kappa shape index (κ1) is 15.5. The predicted molar refractivity (Wildman–Crippen MR) is 86.9 cm³/mol. The maximum absolute atomic E-state index is 6.02. The summed E-state index contributed by atoms with van der Waals surface area (Å²) in [4.78, 5) is 4.58. The third kappa shape index (κ3) is 4.30. The van der Waals surface area contributed by atoms with Crippen LogP contribution in [0.5, 0.6) is 11.6 Å². The van der Waals surface area contributed by atoms with Crippen LogP contribution in [0, 0.1) is 0 Å². The topological polar surface area (TPSA) is 34.2 Å². The first-order chi connectivity index (χ1) is 10.3. The highest BCUT2D eigenvalue weighted by Crippen LogP contribution is 2.25. The maximum Gasteiger partial charge on any atom is 0.219 e. The third-order valence-corrected chi connectivity index (χ3v) is 3.42. The lowest BCUT2D eigenvalue weighted by Gasteiger charge is -2.12. The van der Waals surface area contributed by atoms with Gasteiger partial charge in [-0.15, -0.1) is 0 Å². The van der Waals surface area contributed by atoms with E-state index in [2.05, 4.69) is 43.2 Å². The highest BCUT2D eigenvalue weighted by molar-refractivity contribution is 5.37. The van der Waals surface area contributed by atoms with Crippen LogP contribution in [0.4, 0.5) is 0 Å². The molecule has 0 saturated heterocycles. The van der Waals surface area contributed by atoms with Gasteiger partial charge in [0.1, 0.15) is 5.75 Å². The zero-order valence-corrected chi connectivity index (χ0v) is 13.1. The highest BCUT2D eigenvalue weighted by Gasteiger charge is 2.07. The standard InChI is InChI=1S/C18H24N2O/c1-4-15-9-7-8-10-17(15)21-18-12-14(13-19-6-3)11-16(5-2)20-18/h7-12,19H,4-6,13H2,1-3H3. The van der Waals surface area contributed by atoms with Crippen molar-refractivity contribution in [2.45, 2.75) is 40.2 Å². The number of para-hydroxylation sites is 1. The van der Waals surface area contributed by atoms with E-state index in [1.54, 1.807) is 0 Å². The average molecular weight is 284 g/mol. The van der Waals surface area contributed by atoms with Gasteiger partial charge in [0.25, 0.3) is 0 Å². The second-order valence-corrected chi connectivity index (χ2v) is 5.00. The molecule has 0 aliphatic rings. The van der Waals surface area contributed by atoms with E-state index in [0.717, 1.165) is 37.4 Å². The number of nitrogens with zero attached hydrogens (tertiary/aromatic N) is 1. The van der Waals surface area contributed by atoms with Gasteiger partial charge in [0, 0.05) is 18.3 Å². The Kier molecular flexibility index (Phi) is 5.76. The molecule has 21 heavy (non-hydrogen) atoms. The van der Waals surface area contributed by atoms with Gasteiger partial charge in [-0.2, -0.15) is 0 Å². The summed E-state index contributed by atoms with van der Waals surface area (Å²) in [6, 6.07) is 12.3. The van der Waals surface area contributed by atoms with Gasteiger partial charge in [0.05, 0.1) is 0 Å². The summed E-state index contributed by atoms with van der Waals surface area (Å²) in [6.45, 7) is 8.16. The smallest absolute Gasteiger partial charge is 0.219 e. The van der Waals surface area contributed by atoms with Crippen molar-refractivity contribution in [3.05, 3.63) is 53.2 Å². The van der Waals surface area contributed by atoms with Crippen LogP contribution in [-0.2, 0) is 19.4 Å². The number of aryl methyl sites for hydroxylation is 2. The molecule has 0 aliphatic carbocycles. The normalized spacial score (nSPS) is 10.6. The second-order valence-electron chi connectivity index (χ2n) is 5.00. The van der Waals surface area contributed by atoms with E-state index in [1.807, 2.05) is 24.3 Å². The van der Waals surface area contributed by atoms with Crippen molar-refractivity contribution in [3.8, 4) is 11.6 Å². The SMILES string of the molecule is CCNCc1cc(CC)nc(Oc2ccccc2CC)c1. The molecule has 1 aromatic carbocycles. The zero-order chi connectivity index (χ0) is 15.1. The van der Waals surface area contributed by atoms with Gasteiger partial charge in [-0.25, -0.2) is 4.98 Å². The number of benzene rings is 1. The van der Waals surface area contributed by atoms with Crippen LogP contribution < -0.4 is 10.1 Å². The molecular weight excluding hydrogens is 260 g/mol. The molecule has 0 bridgehead atoms. The van der Waals surface area contributed by atoms with Gasteiger partial charge >= 0.3 is 0 Å². The van der Waals surface area contributed by atoms with Crippen LogP contribution in [0.3, 0.4) is 0 Å². The molecule has 3 nitrogen and oxygen atoms in total. The Morgan fingerprint density at radius 3 is 2.57 bits per heavy atom. The Labute approximate surface area is 127 Å². The number of hydrogen-bond donors (Lipinski definition) is 1. The van der Waals surface area contributed by atoms with Gasteiger partial charge in [-0.3, -0.25) is 0 Å². The van der Waals surface area contributed by atoms with E-state index in [1.165, 1.54) is 11.1 Å². The van der Waals surface area contributed by atoms with Crippen LogP contribution >= 0.6 is 0 Å². The quantitative estimate of drug-likeness (QED) is 0.831. The fourth-order valence-electron chi connectivity index (χ4n) is 2.23. The third-order valence-electron chi connectivity index (χ3n) is 3.42. The Bertz CT molecular complexity index is 581. The van der Waals surface area contributed by atoms with E-state index in [4.69, 9.17) is 4.74 Å². The summed E-state index contributed by atoms with van der Waals surface area (Å²) < 4.78 is 6.02. The van der Waals surface area contributed by atoms with Crippen molar-refractivity contribution in [1.29, 1.82) is 0 Å². The molecule has 3 heteroatoms. The molecule has 0 atom stereocenters. The van der Waals surface area contributed by atoms with E-state index < -0.39 is 0 Å². The van der Waals surface area contributed by atoms with Crippen molar-refractivity contribution in [1.82, 2.24) is 10.3 Å². The molecule has 0 spiro atoms. The van der Waals surface area contributed by atoms with Crippen LogP contribution in [0.1, 0.15) is 37.6 Å². The van der Waals surface area contributed by atoms with E-state index in [0.29, 0.717) is 5.88 Å². The summed E-state index contributed by atoms with van der Waals surface area (Å²) >= 11 is 0. The number of aromatic nitrogens is 1. The summed E-state index contributed by atoms with van der Waals surface area (Å²) in [5.41, 5.74) is 3.48. The molecule has 2 rings (SSSR count). The fraction of sp³-hybridized carbons (Fsp3) is 0.389. The fourth-order valence-corrected chi connectivity index (χ4v) is 2.23. The zero-order valence-electron chi connectivity index (χ0n) is 13.1. The Morgan fingerprint density at radius 2 is 1.86 bits per heavy atom. The average Bonchev–Trinajstić information content (AvgIpc) is 2.53. The second kappa shape index (κ2) is 7.79. The van der Waals surface area contributed by atoms with Crippen LogP contribution in [-0.4, -0.2) is 11.5 Å². The largest absolute Gasteiger partial charge is 0.439 e. The van der Waals surface area contributed by atoms with E-state index in [-0.39, 0.29) is 0 Å². The van der Waals surface area contributed by atoms with Crippen LogP contribution in [0.25, 0.3) is 0 Å². The Balaban J connectivity index is 2.25. The number of hydrogen-bond acceptors (Lipinski definition) is 3. The Morgan fingerprint density at radius 1 is 1.05 bits per heavy atom. The molecule has 1 N–H and O–H groups in total. The molecule has 0 aliphatic heterocycles. The highest BCUT2D eigenvalue weighted by atomic mass is 16.5. The minimum atomic E-state index is 0.683. The van der Waals surface area contributed by atoms with Crippen molar-refractivity contribution in [2.75, 3.05) is 6.54 Å². The summed E-state index contributed by atoms with van der Waals surface area (Å²) in [6.07, 6.45) is 1.86. The number of pyridine rings is 1. The monoisotopic (exact) mass is 284 g/mol. The minimum absolute atomic E-state index is 0.683. The van der Waals surface area contributed by atoms with Crippen molar-refractivity contribution >= 4 is 0 Å². The number of rotatable bonds is 7. The first-order valence-corrected chi connectivity index (χ1v) is 7.73. The number of nitrogens with one attached hydrogen (secondary N) is 1. The lowest BCUT2D eigenvalue weighted by molar-refractivity contribution is 0.454. The van der Waals surface area contributed by atoms with Gasteiger partial charge < -0.3 is 10.1 Å². The maximum atomic E-state index is 6.02. The van der Waals surface area contributed by atoms with E-state index >= 15 is 0 Å². The molecular formula is C18H24N2O. The first-order valence-electron chi connectivity index (χ1n) is 7.73. The molecule has 112 valence electrons. The summed E-state index contributed by atoms with van der Waals surface area (Å²) in [5, 5.41) is 3.35. The number of ether oxygens (including phenoxy) is 1. The predicted octanol–water partition coefficient (Wildman–Crippen LogP) is 4.11.